The van der Waals surface area contributed by atoms with Crippen LogP contribution in [-0.2, 0) is 11.3 Å². The Balaban J connectivity index is 1.65. The lowest BCUT2D eigenvalue weighted by molar-refractivity contribution is 0.120. The van der Waals surface area contributed by atoms with Crippen molar-refractivity contribution in [3.8, 4) is 0 Å². The first-order chi connectivity index (χ1) is 9.77. The van der Waals surface area contributed by atoms with Crippen molar-refractivity contribution in [1.82, 2.24) is 10.2 Å². The quantitative estimate of drug-likeness (QED) is 0.770. The van der Waals surface area contributed by atoms with Gasteiger partial charge in [-0.1, -0.05) is 41.9 Å². The molecule has 0 radical (unpaired) electrons. The largest absolute Gasteiger partial charge is 0.382 e. The van der Waals surface area contributed by atoms with Gasteiger partial charge in [-0.05, 0) is 12.0 Å². The maximum Gasteiger partial charge on any atom is 0.285 e. The third-order valence-corrected chi connectivity index (χ3v) is 3.06. The number of rotatable bonds is 7. The predicted octanol–water partition coefficient (Wildman–Crippen LogP) is 2.44. The Hall–Kier alpha value is -1.85. The van der Waals surface area contributed by atoms with Crippen LogP contribution in [0, 0.1) is 0 Å². The van der Waals surface area contributed by atoms with Gasteiger partial charge in [0.1, 0.15) is 5.02 Å². The number of hydrogen-bond donors (Lipinski definition) is 2. The molecule has 0 amide bonds. The fourth-order valence-electron chi connectivity index (χ4n) is 1.67. The minimum atomic E-state index is -0.392. The van der Waals surface area contributed by atoms with Crippen LogP contribution in [0.15, 0.2) is 41.3 Å². The number of hydrogen-bond acceptors (Lipinski definition) is 4. The van der Waals surface area contributed by atoms with Gasteiger partial charge in [0.15, 0.2) is 0 Å². The van der Waals surface area contributed by atoms with Crippen LogP contribution < -0.4 is 10.9 Å². The maximum absolute atomic E-state index is 11.2. The second-order valence-electron chi connectivity index (χ2n) is 4.25. The summed E-state index contributed by atoms with van der Waals surface area (Å²) in [7, 11) is 0. The average Bonchev–Trinajstić information content (AvgIpc) is 2.48. The van der Waals surface area contributed by atoms with Crippen molar-refractivity contribution in [3.63, 3.8) is 0 Å². The van der Waals surface area contributed by atoms with Crippen LogP contribution in [0.2, 0.25) is 5.02 Å². The van der Waals surface area contributed by atoms with E-state index in [0.717, 1.165) is 12.0 Å². The second-order valence-corrected chi connectivity index (χ2v) is 4.62. The molecule has 2 N–H and O–H groups in total. The van der Waals surface area contributed by atoms with Crippen LogP contribution in [0.4, 0.5) is 5.69 Å². The van der Waals surface area contributed by atoms with E-state index in [0.29, 0.717) is 25.4 Å². The van der Waals surface area contributed by atoms with E-state index in [4.69, 9.17) is 16.3 Å². The molecule has 0 spiro atoms. The van der Waals surface area contributed by atoms with Crippen molar-refractivity contribution in [2.24, 2.45) is 0 Å². The predicted molar refractivity (Wildman–Crippen MR) is 79.1 cm³/mol. The molecule has 6 heteroatoms. The lowest BCUT2D eigenvalue weighted by Crippen LogP contribution is -2.13. The lowest BCUT2D eigenvalue weighted by atomic mass is 10.2. The van der Waals surface area contributed by atoms with E-state index in [1.807, 2.05) is 30.3 Å². The van der Waals surface area contributed by atoms with Crippen molar-refractivity contribution < 1.29 is 4.74 Å². The summed E-state index contributed by atoms with van der Waals surface area (Å²) >= 11 is 5.84. The highest BCUT2D eigenvalue weighted by molar-refractivity contribution is 6.32. The zero-order chi connectivity index (χ0) is 14.2. The first-order valence-electron chi connectivity index (χ1n) is 6.36. The zero-order valence-electron chi connectivity index (χ0n) is 10.9. The normalized spacial score (nSPS) is 10.4. The van der Waals surface area contributed by atoms with E-state index >= 15 is 0 Å². The van der Waals surface area contributed by atoms with Crippen molar-refractivity contribution in [1.29, 1.82) is 0 Å². The number of aromatic amines is 1. The number of anilines is 1. The molecule has 0 saturated carbocycles. The van der Waals surface area contributed by atoms with Gasteiger partial charge in [-0.2, -0.15) is 5.10 Å². The summed E-state index contributed by atoms with van der Waals surface area (Å²) in [5.41, 5.74) is 1.30. The molecule has 20 heavy (non-hydrogen) atoms. The van der Waals surface area contributed by atoms with Gasteiger partial charge in [0.25, 0.3) is 5.56 Å². The Morgan fingerprint density at radius 3 is 2.90 bits per heavy atom. The number of H-pyrrole nitrogens is 1. The number of halogens is 1. The summed E-state index contributed by atoms with van der Waals surface area (Å²) in [6.07, 6.45) is 2.31. The average molecular weight is 294 g/mol. The Morgan fingerprint density at radius 1 is 1.30 bits per heavy atom. The van der Waals surface area contributed by atoms with Gasteiger partial charge >= 0.3 is 0 Å². The summed E-state index contributed by atoms with van der Waals surface area (Å²) in [4.78, 5) is 11.2. The number of benzene rings is 1. The van der Waals surface area contributed by atoms with Crippen LogP contribution >= 0.6 is 11.6 Å². The molecular formula is C14H16ClN3O2. The van der Waals surface area contributed by atoms with Crippen LogP contribution in [0.1, 0.15) is 12.0 Å². The molecule has 5 nitrogen and oxygen atoms in total. The molecule has 0 bridgehead atoms. The van der Waals surface area contributed by atoms with Gasteiger partial charge in [0, 0.05) is 13.2 Å². The molecule has 0 aliphatic heterocycles. The molecule has 106 valence electrons. The van der Waals surface area contributed by atoms with Crippen LogP contribution in [0.3, 0.4) is 0 Å². The smallest absolute Gasteiger partial charge is 0.285 e. The standard InChI is InChI=1S/C14H16ClN3O2/c15-13-12(9-17-18-14(13)19)16-7-4-8-20-10-11-5-2-1-3-6-11/h1-3,5-6,9H,4,7-8,10H2,(H2,16,18,19). The topological polar surface area (TPSA) is 67.0 Å². The molecule has 0 fully saturated rings. The lowest BCUT2D eigenvalue weighted by Gasteiger charge is -2.07. The van der Waals surface area contributed by atoms with E-state index in [1.165, 1.54) is 6.20 Å². The molecule has 1 aromatic carbocycles. The minimum Gasteiger partial charge on any atom is -0.382 e. The van der Waals surface area contributed by atoms with Gasteiger partial charge in [0.2, 0.25) is 0 Å². The highest BCUT2D eigenvalue weighted by atomic mass is 35.5. The molecule has 2 rings (SSSR count). The summed E-state index contributed by atoms with van der Waals surface area (Å²) in [6.45, 7) is 1.91. The molecule has 1 heterocycles. The van der Waals surface area contributed by atoms with Gasteiger partial charge in [0.05, 0.1) is 18.5 Å². The third-order valence-electron chi connectivity index (χ3n) is 2.69. The molecule has 0 aliphatic carbocycles. The van der Waals surface area contributed by atoms with Gasteiger partial charge in [-0.15, -0.1) is 0 Å². The summed E-state index contributed by atoms with van der Waals surface area (Å²) in [5, 5.41) is 9.14. The third kappa shape index (κ3) is 4.36. The van der Waals surface area contributed by atoms with Crippen molar-refractivity contribution in [3.05, 3.63) is 57.5 Å². The Labute approximate surface area is 121 Å². The molecule has 0 atom stereocenters. The SMILES string of the molecule is O=c1[nH]ncc(NCCCOCc2ccccc2)c1Cl. The molecule has 2 aromatic rings. The van der Waals surface area contributed by atoms with Crippen LogP contribution in [0.5, 0.6) is 0 Å². The van der Waals surface area contributed by atoms with E-state index in [-0.39, 0.29) is 5.02 Å². The highest BCUT2D eigenvalue weighted by Crippen LogP contribution is 2.13. The fourth-order valence-corrected chi connectivity index (χ4v) is 1.83. The van der Waals surface area contributed by atoms with E-state index < -0.39 is 5.56 Å². The first kappa shape index (κ1) is 14.6. The van der Waals surface area contributed by atoms with Gasteiger partial charge < -0.3 is 10.1 Å². The fraction of sp³-hybridized carbons (Fsp3) is 0.286. The van der Waals surface area contributed by atoms with E-state index in [9.17, 15) is 4.79 Å². The zero-order valence-corrected chi connectivity index (χ0v) is 11.7. The number of nitrogens with zero attached hydrogens (tertiary/aromatic N) is 1. The second kappa shape index (κ2) is 7.67. The summed E-state index contributed by atoms with van der Waals surface area (Å²) in [5.74, 6) is 0. The Morgan fingerprint density at radius 2 is 2.10 bits per heavy atom. The Kier molecular flexibility index (Phi) is 5.58. The van der Waals surface area contributed by atoms with Crippen molar-refractivity contribution >= 4 is 17.3 Å². The van der Waals surface area contributed by atoms with Gasteiger partial charge in [-0.25, -0.2) is 5.10 Å². The first-order valence-corrected chi connectivity index (χ1v) is 6.74. The maximum atomic E-state index is 11.2. The summed E-state index contributed by atoms with van der Waals surface area (Å²) in [6, 6.07) is 10.0. The molecular weight excluding hydrogens is 278 g/mol. The monoisotopic (exact) mass is 293 g/mol. The number of nitrogens with one attached hydrogen (secondary N) is 2. The van der Waals surface area contributed by atoms with Crippen molar-refractivity contribution in [2.75, 3.05) is 18.5 Å². The minimum absolute atomic E-state index is 0.130. The molecule has 0 aliphatic rings. The Bertz CT molecular complexity index is 586. The molecule has 0 saturated heterocycles. The van der Waals surface area contributed by atoms with E-state index in [1.54, 1.807) is 0 Å². The van der Waals surface area contributed by atoms with E-state index in [2.05, 4.69) is 15.5 Å². The molecule has 1 aromatic heterocycles. The van der Waals surface area contributed by atoms with Crippen molar-refractivity contribution in [2.45, 2.75) is 13.0 Å². The summed E-state index contributed by atoms with van der Waals surface area (Å²) < 4.78 is 5.56. The highest BCUT2D eigenvalue weighted by Gasteiger charge is 2.03. The van der Waals surface area contributed by atoms with Crippen LogP contribution in [0.25, 0.3) is 0 Å². The van der Waals surface area contributed by atoms with Gasteiger partial charge in [-0.3, -0.25) is 4.79 Å². The molecule has 0 unspecified atom stereocenters. The van der Waals surface area contributed by atoms with Crippen LogP contribution in [-0.4, -0.2) is 23.3 Å². The number of ether oxygens (including phenoxy) is 1. The number of aromatic nitrogens is 2.